The van der Waals surface area contributed by atoms with Crippen LogP contribution in [-0.4, -0.2) is 33.7 Å². The molecular weight excluding hydrogens is 556 g/mol. The van der Waals surface area contributed by atoms with Crippen LogP contribution >= 0.6 is 0 Å². The summed E-state index contributed by atoms with van der Waals surface area (Å²) in [7, 11) is 0. The van der Waals surface area contributed by atoms with Crippen molar-refractivity contribution in [1.29, 1.82) is 0 Å². The molecule has 2 bridgehead atoms. The van der Waals surface area contributed by atoms with Crippen molar-refractivity contribution >= 4 is 10.9 Å². The average molecular weight is 598 g/mol. The Hall–Kier alpha value is -4.45. The SMILES string of the molecule is C=C[C@H]1C[N+]2(Cc3cc(OCc4ccccc4)cc(OCc4ccccc4)c3)CC[C@H]1C[C@H]2[C@H](O)c1ccnc2ccccc12. The number of piperidine rings is 3. The van der Waals surface area contributed by atoms with Gasteiger partial charge in [0.1, 0.15) is 43.4 Å². The molecule has 3 fully saturated rings. The first-order chi connectivity index (χ1) is 22.1. The number of aromatic nitrogens is 1. The Balaban J connectivity index is 1.22. The molecule has 1 unspecified atom stereocenters. The van der Waals surface area contributed by atoms with Crippen LogP contribution in [0.15, 0.2) is 128 Å². The lowest BCUT2D eigenvalue weighted by Gasteiger charge is -2.58. The van der Waals surface area contributed by atoms with Gasteiger partial charge in [-0.3, -0.25) is 4.98 Å². The highest BCUT2D eigenvalue weighted by Gasteiger charge is 2.54. The van der Waals surface area contributed by atoms with Crippen molar-refractivity contribution in [2.45, 2.75) is 44.7 Å². The second-order valence-electron chi connectivity index (χ2n) is 12.8. The summed E-state index contributed by atoms with van der Waals surface area (Å²) in [5.41, 5.74) is 5.29. The smallest absolute Gasteiger partial charge is 0.131 e. The number of aliphatic hydroxyl groups is 1. The van der Waals surface area contributed by atoms with Crippen LogP contribution in [0.3, 0.4) is 0 Å². The summed E-state index contributed by atoms with van der Waals surface area (Å²) < 4.78 is 13.5. The second kappa shape index (κ2) is 12.9. The van der Waals surface area contributed by atoms with E-state index in [9.17, 15) is 5.11 Å². The van der Waals surface area contributed by atoms with E-state index in [1.54, 1.807) is 0 Å². The standard InChI is InChI=1S/C40H41N2O3/c1-2-32-26-42(20-18-33(32)23-39(42)40(43)37-17-19-41-38-16-10-9-15-36(37)38)25-31-21-34(44-27-29-11-5-3-6-12-29)24-35(22-31)45-28-30-13-7-4-8-14-30/h2-17,19,21-22,24,32-33,39-40,43H,1,18,20,23,25-28H2/q+1/t32-,33-,39-,40+,42?/m0/s1. The van der Waals surface area contributed by atoms with Crippen LogP contribution in [0.1, 0.15) is 41.2 Å². The molecule has 1 N–H and O–H groups in total. The molecule has 228 valence electrons. The molecule has 8 rings (SSSR count). The Kier molecular flexibility index (Phi) is 8.38. The van der Waals surface area contributed by atoms with E-state index >= 15 is 0 Å². The van der Waals surface area contributed by atoms with Crippen LogP contribution in [0.2, 0.25) is 0 Å². The van der Waals surface area contributed by atoms with Crippen molar-refractivity contribution in [1.82, 2.24) is 4.98 Å². The van der Waals surface area contributed by atoms with Crippen molar-refractivity contribution in [2.75, 3.05) is 13.1 Å². The molecule has 3 saturated heterocycles. The highest BCUT2D eigenvalue weighted by atomic mass is 16.5. The van der Waals surface area contributed by atoms with Crippen molar-refractivity contribution in [3.05, 3.63) is 150 Å². The number of quaternary nitrogens is 1. The summed E-state index contributed by atoms with van der Waals surface area (Å²) in [5, 5.41) is 13.2. The first-order valence-corrected chi connectivity index (χ1v) is 16.1. The van der Waals surface area contributed by atoms with Gasteiger partial charge in [-0.15, -0.1) is 6.58 Å². The van der Waals surface area contributed by atoms with Crippen LogP contribution in [0.4, 0.5) is 0 Å². The average Bonchev–Trinajstić information content (AvgIpc) is 3.10. The minimum Gasteiger partial charge on any atom is -0.489 e. The predicted octanol–water partition coefficient (Wildman–Crippen LogP) is 8.04. The predicted molar refractivity (Wildman–Crippen MR) is 179 cm³/mol. The molecule has 4 heterocycles. The van der Waals surface area contributed by atoms with Gasteiger partial charge in [-0.25, -0.2) is 0 Å². The molecule has 0 saturated carbocycles. The normalized spacial score (nSPS) is 23.0. The molecule has 5 aromatic rings. The maximum atomic E-state index is 12.2. The van der Waals surface area contributed by atoms with Crippen LogP contribution in [0.25, 0.3) is 10.9 Å². The fraction of sp³-hybridized carbons (Fsp3) is 0.275. The van der Waals surface area contributed by atoms with Gasteiger partial charge in [-0.2, -0.15) is 0 Å². The Labute approximate surface area is 266 Å². The fourth-order valence-corrected chi connectivity index (χ4v) is 7.70. The number of ether oxygens (including phenoxy) is 2. The minimum atomic E-state index is -0.599. The molecule has 5 atom stereocenters. The Bertz CT molecular complexity index is 1690. The van der Waals surface area contributed by atoms with Gasteiger partial charge in [-0.1, -0.05) is 84.9 Å². The topological polar surface area (TPSA) is 51.6 Å². The van der Waals surface area contributed by atoms with E-state index in [1.807, 2.05) is 72.9 Å². The van der Waals surface area contributed by atoms with Gasteiger partial charge in [0.05, 0.1) is 18.6 Å². The largest absolute Gasteiger partial charge is 0.489 e. The summed E-state index contributed by atoms with van der Waals surface area (Å²) in [4.78, 5) is 4.57. The number of hydrogen-bond acceptors (Lipinski definition) is 4. The maximum Gasteiger partial charge on any atom is 0.131 e. The number of rotatable bonds is 11. The zero-order valence-electron chi connectivity index (χ0n) is 25.7. The molecule has 0 amide bonds. The van der Waals surface area contributed by atoms with Gasteiger partial charge in [-0.05, 0) is 46.9 Å². The van der Waals surface area contributed by atoms with Crippen molar-refractivity contribution < 1.29 is 19.1 Å². The number of fused-ring (bicyclic) bond motifs is 4. The molecule has 5 nitrogen and oxygen atoms in total. The summed E-state index contributed by atoms with van der Waals surface area (Å²) in [6.07, 6.45) is 5.49. The zero-order valence-corrected chi connectivity index (χ0v) is 25.7. The number of benzene rings is 4. The molecule has 1 aromatic heterocycles. The van der Waals surface area contributed by atoms with Gasteiger partial charge in [0.15, 0.2) is 0 Å². The monoisotopic (exact) mass is 597 g/mol. The molecule has 0 aliphatic carbocycles. The molecule has 3 aliphatic heterocycles. The van der Waals surface area contributed by atoms with Crippen LogP contribution < -0.4 is 9.47 Å². The lowest BCUT2D eigenvalue weighted by molar-refractivity contribution is -0.984. The lowest BCUT2D eigenvalue weighted by atomic mass is 9.71. The Morgan fingerprint density at radius 1 is 0.822 bits per heavy atom. The van der Waals surface area contributed by atoms with E-state index < -0.39 is 6.10 Å². The van der Waals surface area contributed by atoms with Crippen molar-refractivity contribution in [2.24, 2.45) is 11.8 Å². The highest BCUT2D eigenvalue weighted by Crippen LogP contribution is 2.48. The van der Waals surface area contributed by atoms with Gasteiger partial charge in [0.25, 0.3) is 0 Å². The van der Waals surface area contributed by atoms with Gasteiger partial charge >= 0.3 is 0 Å². The minimum absolute atomic E-state index is 0.0633. The van der Waals surface area contributed by atoms with E-state index in [4.69, 9.17) is 9.47 Å². The zero-order chi connectivity index (χ0) is 30.6. The second-order valence-corrected chi connectivity index (χ2v) is 12.8. The first-order valence-electron chi connectivity index (χ1n) is 16.1. The lowest BCUT2D eigenvalue weighted by Crippen LogP contribution is -2.67. The van der Waals surface area contributed by atoms with Crippen LogP contribution in [0, 0.1) is 11.8 Å². The Morgan fingerprint density at radius 2 is 1.47 bits per heavy atom. The molecule has 45 heavy (non-hydrogen) atoms. The molecule has 4 aromatic carbocycles. The summed E-state index contributed by atoms with van der Waals surface area (Å²) in [6.45, 7) is 7.97. The van der Waals surface area contributed by atoms with Gasteiger partial charge < -0.3 is 19.1 Å². The summed E-state index contributed by atoms with van der Waals surface area (Å²) >= 11 is 0. The molecule has 3 aliphatic rings. The molecule has 5 heteroatoms. The number of pyridine rings is 1. The van der Waals surface area contributed by atoms with Crippen LogP contribution in [-0.2, 0) is 19.8 Å². The summed E-state index contributed by atoms with van der Waals surface area (Å²) in [6, 6.07) is 37.0. The first kappa shape index (κ1) is 29.3. The van der Waals surface area contributed by atoms with E-state index in [0.29, 0.717) is 25.0 Å². The highest BCUT2D eigenvalue weighted by molar-refractivity contribution is 5.82. The van der Waals surface area contributed by atoms with Gasteiger partial charge in [0, 0.05) is 42.0 Å². The summed E-state index contributed by atoms with van der Waals surface area (Å²) in [5.74, 6) is 2.56. The Morgan fingerprint density at radius 3 is 2.13 bits per heavy atom. The number of aliphatic hydroxyl groups excluding tert-OH is 1. The van der Waals surface area contributed by atoms with E-state index in [1.165, 1.54) is 0 Å². The van der Waals surface area contributed by atoms with Crippen molar-refractivity contribution in [3.63, 3.8) is 0 Å². The van der Waals surface area contributed by atoms with E-state index in [-0.39, 0.29) is 6.04 Å². The number of para-hydroxylation sites is 1. The quantitative estimate of drug-likeness (QED) is 0.124. The number of nitrogens with zero attached hydrogens (tertiary/aromatic N) is 2. The van der Waals surface area contributed by atoms with Crippen LogP contribution in [0.5, 0.6) is 11.5 Å². The molecule has 0 spiro atoms. The van der Waals surface area contributed by atoms with Crippen molar-refractivity contribution in [3.8, 4) is 11.5 Å². The maximum absolute atomic E-state index is 12.2. The molecule has 0 radical (unpaired) electrons. The third-order valence-corrected chi connectivity index (χ3v) is 9.98. The van der Waals surface area contributed by atoms with Gasteiger partial charge in [0.2, 0.25) is 0 Å². The third kappa shape index (κ3) is 6.24. The fourth-order valence-electron chi connectivity index (χ4n) is 7.70. The van der Waals surface area contributed by atoms with E-state index in [2.05, 4.69) is 60.1 Å². The third-order valence-electron chi connectivity index (χ3n) is 9.98. The molecular formula is C40H41N2O3+. The van der Waals surface area contributed by atoms with E-state index in [0.717, 1.165) is 81.6 Å². The number of hydrogen-bond donors (Lipinski definition) is 1.